The molecule has 162 valence electrons. The molecule has 8 heteroatoms. The van der Waals surface area contributed by atoms with Crippen LogP contribution in [-0.2, 0) is 11.3 Å². The van der Waals surface area contributed by atoms with E-state index in [2.05, 4.69) is 40.0 Å². The minimum atomic E-state index is -0.178. The van der Waals surface area contributed by atoms with Gasteiger partial charge in [-0.25, -0.2) is 9.97 Å². The number of pyridine rings is 1. The molecule has 0 spiro atoms. The van der Waals surface area contributed by atoms with Gasteiger partial charge < -0.3 is 14.1 Å². The highest BCUT2D eigenvalue weighted by molar-refractivity contribution is 7.19. The van der Waals surface area contributed by atoms with Gasteiger partial charge >= 0.3 is 0 Å². The predicted octanol–water partition coefficient (Wildman–Crippen LogP) is 4.59. The standard InChI is InChI=1S/C24H22N4O3S/c1-15(29)27-12-17-7-8-24(2,14-27)28(17)13-19-10-16-5-6-18(11-21(16)30-19)31-23-26-20-4-3-9-25-22(20)32-23/h3-11,17H,12-14H2,1-2H3/t17-,24-/m1/s1. The highest BCUT2D eigenvalue weighted by Gasteiger charge is 2.45. The second kappa shape index (κ2) is 7.15. The molecule has 0 aliphatic carbocycles. The van der Waals surface area contributed by atoms with Crippen LogP contribution >= 0.6 is 11.3 Å². The van der Waals surface area contributed by atoms with E-state index in [1.807, 2.05) is 35.2 Å². The Morgan fingerprint density at radius 3 is 3.06 bits per heavy atom. The number of nitrogens with zero attached hydrogens (tertiary/aromatic N) is 4. The number of carbonyl (C=O) groups excluding carboxylic acids is 1. The maximum Gasteiger partial charge on any atom is 0.281 e. The second-order valence-corrected chi connectivity index (χ2v) is 9.57. The normalized spacial score (nSPS) is 22.8. The summed E-state index contributed by atoms with van der Waals surface area (Å²) in [5.41, 5.74) is 1.43. The van der Waals surface area contributed by atoms with Crippen LogP contribution in [0.2, 0.25) is 0 Å². The molecule has 0 saturated carbocycles. The van der Waals surface area contributed by atoms with E-state index in [1.54, 1.807) is 13.1 Å². The molecular weight excluding hydrogens is 424 g/mol. The molecule has 2 aliphatic heterocycles. The summed E-state index contributed by atoms with van der Waals surface area (Å²) < 4.78 is 12.2. The number of benzene rings is 1. The number of aromatic nitrogens is 2. The molecule has 0 radical (unpaired) electrons. The fourth-order valence-corrected chi connectivity index (χ4v) is 5.46. The average molecular weight is 447 g/mol. The summed E-state index contributed by atoms with van der Waals surface area (Å²) in [5, 5.41) is 1.59. The number of carbonyl (C=O) groups is 1. The van der Waals surface area contributed by atoms with Gasteiger partial charge in [0.15, 0.2) is 0 Å². The highest BCUT2D eigenvalue weighted by atomic mass is 32.1. The summed E-state index contributed by atoms with van der Waals surface area (Å²) in [6.45, 7) is 5.93. The summed E-state index contributed by atoms with van der Waals surface area (Å²) in [6.07, 6.45) is 6.19. The Kier molecular flexibility index (Phi) is 4.34. The molecule has 6 rings (SSSR count). The third kappa shape index (κ3) is 3.27. The van der Waals surface area contributed by atoms with Gasteiger partial charge in [-0.1, -0.05) is 23.5 Å². The maximum absolute atomic E-state index is 11.9. The number of ether oxygens (including phenoxy) is 1. The van der Waals surface area contributed by atoms with Crippen molar-refractivity contribution in [2.75, 3.05) is 13.1 Å². The van der Waals surface area contributed by atoms with Crippen LogP contribution in [0.25, 0.3) is 21.3 Å². The number of hydrogen-bond donors (Lipinski definition) is 0. The zero-order valence-corrected chi connectivity index (χ0v) is 18.6. The zero-order chi connectivity index (χ0) is 21.9. The Balaban J connectivity index is 1.22. The Hall–Kier alpha value is -3.23. The van der Waals surface area contributed by atoms with Crippen molar-refractivity contribution >= 4 is 38.6 Å². The maximum atomic E-state index is 11.9. The van der Waals surface area contributed by atoms with Crippen LogP contribution < -0.4 is 4.74 Å². The van der Waals surface area contributed by atoms with Crippen LogP contribution in [0.4, 0.5) is 0 Å². The Bertz CT molecular complexity index is 1340. The fourth-order valence-electron chi connectivity index (χ4n) is 4.68. The molecule has 2 aliphatic rings. The predicted molar refractivity (Wildman–Crippen MR) is 123 cm³/mol. The first-order valence-electron chi connectivity index (χ1n) is 10.6. The van der Waals surface area contributed by atoms with E-state index >= 15 is 0 Å². The summed E-state index contributed by atoms with van der Waals surface area (Å²) in [5.74, 6) is 1.71. The van der Waals surface area contributed by atoms with Crippen molar-refractivity contribution in [1.29, 1.82) is 0 Å². The molecule has 1 saturated heterocycles. The van der Waals surface area contributed by atoms with E-state index in [9.17, 15) is 4.79 Å². The number of piperazine rings is 1. The second-order valence-electron chi connectivity index (χ2n) is 8.63. The monoisotopic (exact) mass is 446 g/mol. The van der Waals surface area contributed by atoms with Gasteiger partial charge in [0.25, 0.3) is 5.19 Å². The largest absolute Gasteiger partial charge is 0.460 e. The van der Waals surface area contributed by atoms with Gasteiger partial charge in [-0.2, -0.15) is 0 Å². The molecule has 1 fully saturated rings. The minimum absolute atomic E-state index is 0.129. The summed E-state index contributed by atoms with van der Waals surface area (Å²) in [4.78, 5) is 25.9. The first-order chi connectivity index (χ1) is 15.5. The Morgan fingerprint density at radius 1 is 1.34 bits per heavy atom. The fraction of sp³-hybridized carbons (Fsp3) is 0.292. The van der Waals surface area contributed by atoms with Gasteiger partial charge in [0.05, 0.1) is 12.1 Å². The SMILES string of the molecule is CC(=O)N1C[C@H]2C=C[C@](C)(C1)N2Cc1cc2ccc(Oc3nc4cccnc4s3)cc2o1. The molecule has 5 heterocycles. The molecule has 0 unspecified atom stereocenters. The van der Waals surface area contributed by atoms with Gasteiger partial charge in [-0.3, -0.25) is 9.69 Å². The third-order valence-electron chi connectivity index (χ3n) is 6.32. The quantitative estimate of drug-likeness (QED) is 0.427. The van der Waals surface area contributed by atoms with Crippen molar-refractivity contribution in [3.8, 4) is 10.9 Å². The molecular formula is C24H22N4O3S. The van der Waals surface area contributed by atoms with Crippen LogP contribution in [0.15, 0.2) is 59.2 Å². The van der Waals surface area contributed by atoms with Gasteiger partial charge in [0, 0.05) is 43.7 Å². The number of fused-ring (bicyclic) bond motifs is 4. The van der Waals surface area contributed by atoms with Crippen LogP contribution in [-0.4, -0.2) is 50.3 Å². The van der Waals surface area contributed by atoms with E-state index in [-0.39, 0.29) is 17.5 Å². The van der Waals surface area contributed by atoms with E-state index < -0.39 is 0 Å². The van der Waals surface area contributed by atoms with E-state index in [0.717, 1.165) is 33.6 Å². The molecule has 32 heavy (non-hydrogen) atoms. The van der Waals surface area contributed by atoms with Crippen molar-refractivity contribution < 1.29 is 13.9 Å². The molecule has 2 atom stereocenters. The molecule has 3 aromatic heterocycles. The molecule has 2 bridgehead atoms. The van der Waals surface area contributed by atoms with Crippen LogP contribution in [0.5, 0.6) is 10.9 Å². The third-order valence-corrected chi connectivity index (χ3v) is 7.18. The van der Waals surface area contributed by atoms with E-state index in [4.69, 9.17) is 9.15 Å². The molecule has 7 nitrogen and oxygen atoms in total. The molecule has 0 N–H and O–H groups in total. The van der Waals surface area contributed by atoms with Crippen LogP contribution in [0.3, 0.4) is 0 Å². The van der Waals surface area contributed by atoms with Crippen LogP contribution in [0, 0.1) is 0 Å². The van der Waals surface area contributed by atoms with E-state index in [0.29, 0.717) is 24.0 Å². The topological polar surface area (TPSA) is 71.7 Å². The lowest BCUT2D eigenvalue weighted by Crippen LogP contribution is -2.61. The number of hydrogen-bond acceptors (Lipinski definition) is 7. The smallest absolute Gasteiger partial charge is 0.281 e. The molecule has 1 aromatic carbocycles. The van der Waals surface area contributed by atoms with Gasteiger partial charge in [-0.05, 0) is 37.3 Å². The van der Waals surface area contributed by atoms with Crippen molar-refractivity contribution in [2.45, 2.75) is 32.0 Å². The average Bonchev–Trinajstić information content (AvgIpc) is 3.40. The minimum Gasteiger partial charge on any atom is -0.460 e. The van der Waals surface area contributed by atoms with Gasteiger partial charge in [0.2, 0.25) is 5.91 Å². The van der Waals surface area contributed by atoms with Crippen molar-refractivity contribution in [2.24, 2.45) is 0 Å². The number of thiazole rings is 1. The number of furan rings is 1. The molecule has 1 amide bonds. The summed E-state index contributed by atoms with van der Waals surface area (Å²) >= 11 is 1.42. The first kappa shape index (κ1) is 19.5. The lowest BCUT2D eigenvalue weighted by molar-refractivity contribution is -0.134. The van der Waals surface area contributed by atoms with Crippen molar-refractivity contribution in [1.82, 2.24) is 19.8 Å². The van der Waals surface area contributed by atoms with Gasteiger partial charge in [0.1, 0.15) is 27.4 Å². The Labute approximate surface area is 188 Å². The lowest BCUT2D eigenvalue weighted by atomic mass is 9.98. The summed E-state index contributed by atoms with van der Waals surface area (Å²) in [7, 11) is 0. The number of rotatable bonds is 4. The summed E-state index contributed by atoms with van der Waals surface area (Å²) in [6, 6.07) is 11.9. The Morgan fingerprint density at radius 2 is 2.25 bits per heavy atom. The number of amides is 1. The first-order valence-corrected chi connectivity index (χ1v) is 11.4. The highest BCUT2D eigenvalue weighted by Crippen LogP contribution is 2.36. The van der Waals surface area contributed by atoms with E-state index in [1.165, 1.54) is 11.3 Å². The van der Waals surface area contributed by atoms with Crippen LogP contribution in [0.1, 0.15) is 19.6 Å². The van der Waals surface area contributed by atoms with Gasteiger partial charge in [-0.15, -0.1) is 0 Å². The lowest BCUT2D eigenvalue weighted by Gasteiger charge is -2.47. The van der Waals surface area contributed by atoms with Crippen molar-refractivity contribution in [3.05, 3.63) is 60.5 Å². The van der Waals surface area contributed by atoms with Crippen molar-refractivity contribution in [3.63, 3.8) is 0 Å². The molecule has 4 aromatic rings. The zero-order valence-electron chi connectivity index (χ0n) is 17.8.